The van der Waals surface area contributed by atoms with Crippen molar-refractivity contribution in [1.29, 1.82) is 0 Å². The van der Waals surface area contributed by atoms with Crippen LogP contribution in [0.25, 0.3) is 11.0 Å². The van der Waals surface area contributed by atoms with Crippen molar-refractivity contribution in [3.05, 3.63) is 18.2 Å². The summed E-state index contributed by atoms with van der Waals surface area (Å²) >= 11 is 0. The lowest BCUT2D eigenvalue weighted by Gasteiger charge is -1.94. The molecule has 1 aromatic heterocycles. The highest BCUT2D eigenvalue weighted by Gasteiger charge is 2.00. The van der Waals surface area contributed by atoms with Gasteiger partial charge in [-0.2, -0.15) is 15.0 Å². The number of benzene rings is 1. The Morgan fingerprint density at radius 1 is 1.38 bits per heavy atom. The van der Waals surface area contributed by atoms with Gasteiger partial charge < -0.3 is 5.32 Å². The topological polar surface area (TPSA) is 59.8 Å². The molecule has 0 spiro atoms. The average molecular weight is 176 g/mol. The normalized spacial score (nSPS) is 10.2. The van der Waals surface area contributed by atoms with Gasteiger partial charge in [-0.25, -0.2) is 0 Å². The van der Waals surface area contributed by atoms with Gasteiger partial charge in [0.15, 0.2) is 0 Å². The molecule has 0 saturated carbocycles. The first-order chi connectivity index (χ1) is 6.29. The van der Waals surface area contributed by atoms with Crippen molar-refractivity contribution >= 4 is 23.1 Å². The summed E-state index contributed by atoms with van der Waals surface area (Å²) in [5.74, 6) is 0. The lowest BCUT2D eigenvalue weighted by molar-refractivity contribution is -0.105. The Balaban J connectivity index is 2.54. The van der Waals surface area contributed by atoms with E-state index in [1.54, 1.807) is 19.2 Å². The fourth-order valence-corrected chi connectivity index (χ4v) is 1.18. The molecule has 0 aliphatic heterocycles. The van der Waals surface area contributed by atoms with Gasteiger partial charge in [0.05, 0.1) is 0 Å². The number of nitrogens with one attached hydrogen (secondary N) is 1. The number of amides is 1. The van der Waals surface area contributed by atoms with Crippen LogP contribution in [0.5, 0.6) is 0 Å². The number of aromatic nitrogens is 3. The van der Waals surface area contributed by atoms with Gasteiger partial charge in [-0.05, 0) is 18.2 Å². The minimum absolute atomic E-state index is 0.636. The number of anilines is 1. The Hall–Kier alpha value is -1.91. The maximum absolute atomic E-state index is 10.2. The van der Waals surface area contributed by atoms with Crippen molar-refractivity contribution < 1.29 is 4.79 Å². The number of nitrogens with zero attached hydrogens (tertiary/aromatic N) is 3. The summed E-state index contributed by atoms with van der Waals surface area (Å²) in [6.45, 7) is 0. The van der Waals surface area contributed by atoms with Gasteiger partial charge in [-0.3, -0.25) is 4.79 Å². The highest BCUT2D eigenvalue weighted by atomic mass is 16.1. The van der Waals surface area contributed by atoms with E-state index >= 15 is 0 Å². The SMILES string of the molecule is Cn1nc2ccc(NC=O)cc2n1. The van der Waals surface area contributed by atoms with Gasteiger partial charge in [0.25, 0.3) is 0 Å². The van der Waals surface area contributed by atoms with Crippen molar-refractivity contribution in [3.8, 4) is 0 Å². The summed E-state index contributed by atoms with van der Waals surface area (Å²) in [6.07, 6.45) is 0.636. The standard InChI is InChI=1S/C8H8N4O/c1-12-10-7-3-2-6(9-5-13)4-8(7)11-12/h2-5H,1H3,(H,9,13). The van der Waals surface area contributed by atoms with Gasteiger partial charge in [-0.15, -0.1) is 0 Å². The van der Waals surface area contributed by atoms with E-state index in [1.807, 2.05) is 6.07 Å². The van der Waals surface area contributed by atoms with E-state index < -0.39 is 0 Å². The van der Waals surface area contributed by atoms with Crippen LogP contribution in [0.15, 0.2) is 18.2 Å². The van der Waals surface area contributed by atoms with E-state index in [0.717, 1.165) is 16.7 Å². The van der Waals surface area contributed by atoms with Crippen LogP contribution < -0.4 is 5.32 Å². The fourth-order valence-electron chi connectivity index (χ4n) is 1.18. The minimum Gasteiger partial charge on any atom is -0.329 e. The first-order valence-electron chi connectivity index (χ1n) is 3.81. The molecule has 0 fully saturated rings. The second kappa shape index (κ2) is 2.85. The molecule has 0 radical (unpaired) electrons. The maximum atomic E-state index is 10.2. The van der Waals surface area contributed by atoms with E-state index in [4.69, 9.17) is 0 Å². The molecule has 0 bridgehead atoms. The highest BCUT2D eigenvalue weighted by molar-refractivity contribution is 5.82. The lowest BCUT2D eigenvalue weighted by Crippen LogP contribution is -1.92. The van der Waals surface area contributed by atoms with Crippen molar-refractivity contribution in [2.75, 3.05) is 5.32 Å². The molecule has 1 N–H and O–H groups in total. The third kappa shape index (κ3) is 1.35. The van der Waals surface area contributed by atoms with E-state index in [0.29, 0.717) is 6.41 Å². The second-order valence-corrected chi connectivity index (χ2v) is 2.66. The smallest absolute Gasteiger partial charge is 0.211 e. The van der Waals surface area contributed by atoms with E-state index in [2.05, 4.69) is 15.5 Å². The Morgan fingerprint density at radius 2 is 2.15 bits per heavy atom. The molecule has 1 heterocycles. The van der Waals surface area contributed by atoms with Gasteiger partial charge in [0.1, 0.15) is 11.0 Å². The molecule has 5 heteroatoms. The first-order valence-corrected chi connectivity index (χ1v) is 3.81. The highest BCUT2D eigenvalue weighted by Crippen LogP contribution is 2.14. The summed E-state index contributed by atoms with van der Waals surface area (Å²) in [4.78, 5) is 11.7. The predicted octanol–water partition coefficient (Wildman–Crippen LogP) is 0.537. The summed E-state index contributed by atoms with van der Waals surface area (Å²) in [5, 5.41) is 10.8. The molecule has 0 saturated heterocycles. The van der Waals surface area contributed by atoms with Crippen molar-refractivity contribution in [2.24, 2.45) is 7.05 Å². The third-order valence-corrected chi connectivity index (χ3v) is 1.71. The largest absolute Gasteiger partial charge is 0.329 e. The van der Waals surface area contributed by atoms with Gasteiger partial charge in [0, 0.05) is 12.7 Å². The molecule has 0 atom stereocenters. The van der Waals surface area contributed by atoms with E-state index in [1.165, 1.54) is 4.80 Å². The monoisotopic (exact) mass is 176 g/mol. The Kier molecular flexibility index (Phi) is 1.70. The Morgan fingerprint density at radius 3 is 2.92 bits per heavy atom. The number of rotatable bonds is 2. The number of carbonyl (C=O) groups is 1. The zero-order valence-corrected chi connectivity index (χ0v) is 7.06. The van der Waals surface area contributed by atoms with Crippen LogP contribution in [0.3, 0.4) is 0 Å². The quantitative estimate of drug-likeness (QED) is 0.679. The zero-order chi connectivity index (χ0) is 9.26. The fraction of sp³-hybridized carbons (Fsp3) is 0.125. The minimum atomic E-state index is 0.636. The number of carbonyl (C=O) groups excluding carboxylic acids is 1. The number of fused-ring (bicyclic) bond motifs is 1. The van der Waals surface area contributed by atoms with Gasteiger partial charge >= 0.3 is 0 Å². The molecule has 0 unspecified atom stereocenters. The molecular formula is C8H8N4O. The molecule has 2 rings (SSSR count). The first kappa shape index (κ1) is 7.72. The molecule has 0 aliphatic carbocycles. The van der Waals surface area contributed by atoms with Gasteiger partial charge in [-0.1, -0.05) is 0 Å². The molecule has 5 nitrogen and oxygen atoms in total. The van der Waals surface area contributed by atoms with Crippen LogP contribution in [-0.4, -0.2) is 21.4 Å². The molecule has 1 amide bonds. The molecule has 13 heavy (non-hydrogen) atoms. The van der Waals surface area contributed by atoms with E-state index in [9.17, 15) is 4.79 Å². The van der Waals surface area contributed by atoms with Crippen LogP contribution in [0, 0.1) is 0 Å². The number of aryl methyl sites for hydroxylation is 1. The van der Waals surface area contributed by atoms with Crippen LogP contribution in [0.4, 0.5) is 5.69 Å². The van der Waals surface area contributed by atoms with Crippen LogP contribution in [0.1, 0.15) is 0 Å². The average Bonchev–Trinajstić information content (AvgIpc) is 2.44. The van der Waals surface area contributed by atoms with Crippen molar-refractivity contribution in [3.63, 3.8) is 0 Å². The van der Waals surface area contributed by atoms with Crippen LogP contribution >= 0.6 is 0 Å². The van der Waals surface area contributed by atoms with E-state index in [-0.39, 0.29) is 0 Å². The van der Waals surface area contributed by atoms with Crippen molar-refractivity contribution in [2.45, 2.75) is 0 Å². The lowest BCUT2D eigenvalue weighted by atomic mass is 10.3. The second-order valence-electron chi connectivity index (χ2n) is 2.66. The molecule has 66 valence electrons. The molecule has 0 aliphatic rings. The zero-order valence-electron chi connectivity index (χ0n) is 7.06. The van der Waals surface area contributed by atoms with Crippen molar-refractivity contribution in [1.82, 2.24) is 15.0 Å². The summed E-state index contributed by atoms with van der Waals surface area (Å²) in [7, 11) is 1.76. The van der Waals surface area contributed by atoms with Crippen LogP contribution in [0.2, 0.25) is 0 Å². The number of hydrogen-bond acceptors (Lipinski definition) is 3. The predicted molar refractivity (Wildman–Crippen MR) is 48.2 cm³/mol. The molecule has 1 aromatic carbocycles. The Labute approximate surface area is 74.3 Å². The maximum Gasteiger partial charge on any atom is 0.211 e. The third-order valence-electron chi connectivity index (χ3n) is 1.71. The number of hydrogen-bond donors (Lipinski definition) is 1. The Bertz CT molecular complexity index is 448. The summed E-state index contributed by atoms with van der Waals surface area (Å²) < 4.78 is 0. The summed E-state index contributed by atoms with van der Waals surface area (Å²) in [5.41, 5.74) is 2.32. The van der Waals surface area contributed by atoms with Crippen LogP contribution in [-0.2, 0) is 11.8 Å². The molecular weight excluding hydrogens is 168 g/mol. The molecule has 2 aromatic rings. The summed E-state index contributed by atoms with van der Waals surface area (Å²) in [6, 6.07) is 5.37. The van der Waals surface area contributed by atoms with Gasteiger partial charge in [0.2, 0.25) is 6.41 Å².